The Kier molecular flexibility index (Phi) is 6.89. The number of allylic oxidation sites excluding steroid dienone is 2. The molecule has 1 amide bonds. The van der Waals surface area contributed by atoms with Gasteiger partial charge in [-0.1, -0.05) is 12.2 Å². The average molecular weight is 266 g/mol. The molecule has 0 radical (unpaired) electrons. The van der Waals surface area contributed by atoms with Crippen molar-refractivity contribution in [1.29, 1.82) is 0 Å². The zero-order valence-corrected chi connectivity index (χ0v) is 11.7. The summed E-state index contributed by atoms with van der Waals surface area (Å²) in [5.41, 5.74) is 0. The summed E-state index contributed by atoms with van der Waals surface area (Å²) in [5.74, 6) is -0.231. The lowest BCUT2D eigenvalue weighted by Crippen LogP contribution is -2.49. The molecule has 0 aromatic rings. The number of esters is 1. The van der Waals surface area contributed by atoms with Gasteiger partial charge in [-0.15, -0.1) is 0 Å². The van der Waals surface area contributed by atoms with E-state index in [0.717, 1.165) is 32.7 Å². The topological polar surface area (TPSA) is 49.9 Å². The normalized spacial score (nSPS) is 17.3. The molecule has 19 heavy (non-hydrogen) atoms. The molecule has 106 valence electrons. The smallest absolute Gasteiger partial charge is 0.330 e. The van der Waals surface area contributed by atoms with Crippen LogP contribution in [-0.2, 0) is 14.3 Å². The van der Waals surface area contributed by atoms with Crippen LogP contribution in [0, 0.1) is 0 Å². The maximum atomic E-state index is 11.6. The van der Waals surface area contributed by atoms with Gasteiger partial charge in [0.25, 0.3) is 0 Å². The summed E-state index contributed by atoms with van der Waals surface area (Å²) < 4.78 is 5.04. The average Bonchev–Trinajstić information content (AvgIpc) is 2.40. The van der Waals surface area contributed by atoms with E-state index in [1.54, 1.807) is 25.2 Å². The monoisotopic (exact) mass is 266 g/mol. The summed E-state index contributed by atoms with van der Waals surface area (Å²) in [5, 5.41) is 0. The second-order valence-corrected chi connectivity index (χ2v) is 4.33. The molecule has 0 spiro atoms. The fraction of sp³-hybridized carbons (Fsp3) is 0.571. The summed E-state index contributed by atoms with van der Waals surface area (Å²) >= 11 is 0. The third-order valence-electron chi connectivity index (χ3n) is 2.95. The summed E-state index contributed by atoms with van der Waals surface area (Å²) in [6.07, 6.45) is 6.42. The molecule has 0 bridgehead atoms. The molecule has 0 atom stereocenters. The van der Waals surface area contributed by atoms with Crippen molar-refractivity contribution < 1.29 is 14.3 Å². The van der Waals surface area contributed by atoms with Gasteiger partial charge in [0.15, 0.2) is 0 Å². The van der Waals surface area contributed by atoms with Gasteiger partial charge in [-0.2, -0.15) is 0 Å². The molecule has 0 saturated carbocycles. The summed E-state index contributed by atoms with van der Waals surface area (Å²) in [7, 11) is 0. The van der Waals surface area contributed by atoms with Crippen molar-refractivity contribution in [1.82, 2.24) is 9.80 Å². The van der Waals surface area contributed by atoms with Gasteiger partial charge in [0.1, 0.15) is 6.61 Å². The van der Waals surface area contributed by atoms with E-state index in [4.69, 9.17) is 4.74 Å². The Hall–Kier alpha value is -1.62. The van der Waals surface area contributed by atoms with Gasteiger partial charge < -0.3 is 9.64 Å². The van der Waals surface area contributed by atoms with Crippen molar-refractivity contribution in [2.75, 3.05) is 39.3 Å². The zero-order chi connectivity index (χ0) is 14.1. The first-order valence-corrected chi connectivity index (χ1v) is 6.60. The minimum Gasteiger partial charge on any atom is -0.461 e. The fourth-order valence-electron chi connectivity index (χ4n) is 1.90. The van der Waals surface area contributed by atoms with E-state index < -0.39 is 0 Å². The molecule has 1 heterocycles. The van der Waals surface area contributed by atoms with E-state index in [1.165, 1.54) is 6.08 Å². The van der Waals surface area contributed by atoms with Gasteiger partial charge >= 0.3 is 5.97 Å². The van der Waals surface area contributed by atoms with E-state index in [9.17, 15) is 9.59 Å². The van der Waals surface area contributed by atoms with Gasteiger partial charge in [-0.3, -0.25) is 9.69 Å². The standard InChI is InChI=1S/C14H22N2O3/c1-3-5-13(17)16-9-7-15(8-10-16)11-12-19-14(18)6-4-2/h3-6H,7-12H2,1-2H3/b5-3-,6-4+. The first kappa shape index (κ1) is 15.4. The Morgan fingerprint density at radius 3 is 2.26 bits per heavy atom. The molecule has 0 aromatic heterocycles. The van der Waals surface area contributed by atoms with Crippen LogP contribution in [0.25, 0.3) is 0 Å². The molecule has 1 aliphatic rings. The summed E-state index contributed by atoms with van der Waals surface area (Å²) in [4.78, 5) is 26.8. The first-order valence-electron chi connectivity index (χ1n) is 6.60. The van der Waals surface area contributed by atoms with Gasteiger partial charge in [0, 0.05) is 38.8 Å². The van der Waals surface area contributed by atoms with Crippen LogP contribution in [0.15, 0.2) is 24.3 Å². The highest BCUT2D eigenvalue weighted by atomic mass is 16.5. The first-order chi connectivity index (χ1) is 9.17. The molecule has 1 saturated heterocycles. The number of hydrogen-bond donors (Lipinski definition) is 0. The number of rotatable bonds is 5. The van der Waals surface area contributed by atoms with Gasteiger partial charge in [-0.05, 0) is 19.9 Å². The van der Waals surface area contributed by atoms with Crippen molar-refractivity contribution in [3.05, 3.63) is 24.3 Å². The van der Waals surface area contributed by atoms with Crippen LogP contribution in [0.2, 0.25) is 0 Å². The van der Waals surface area contributed by atoms with Crippen LogP contribution < -0.4 is 0 Å². The Morgan fingerprint density at radius 1 is 1.05 bits per heavy atom. The third-order valence-corrected chi connectivity index (χ3v) is 2.95. The number of piperazine rings is 1. The highest BCUT2D eigenvalue weighted by Crippen LogP contribution is 2.02. The molecule has 1 fully saturated rings. The van der Waals surface area contributed by atoms with Crippen LogP contribution >= 0.6 is 0 Å². The molecule has 0 aromatic carbocycles. The number of carbonyl (C=O) groups is 2. The van der Waals surface area contributed by atoms with Crippen LogP contribution in [0.5, 0.6) is 0 Å². The summed E-state index contributed by atoms with van der Waals surface area (Å²) in [6, 6.07) is 0. The third kappa shape index (κ3) is 5.70. The minimum absolute atomic E-state index is 0.0710. The number of amides is 1. The van der Waals surface area contributed by atoms with Gasteiger partial charge in [0.2, 0.25) is 5.91 Å². The van der Waals surface area contributed by atoms with E-state index in [2.05, 4.69) is 4.90 Å². The molecule has 0 aliphatic carbocycles. The highest BCUT2D eigenvalue weighted by Gasteiger charge is 2.19. The molecule has 1 aliphatic heterocycles. The molecular formula is C14H22N2O3. The number of nitrogens with zero attached hydrogens (tertiary/aromatic N) is 2. The Balaban J connectivity index is 2.20. The van der Waals surface area contributed by atoms with Crippen LogP contribution in [0.4, 0.5) is 0 Å². The number of hydrogen-bond acceptors (Lipinski definition) is 4. The Labute approximate surface area is 114 Å². The predicted molar refractivity (Wildman–Crippen MR) is 73.6 cm³/mol. The molecule has 0 unspecified atom stereocenters. The maximum absolute atomic E-state index is 11.6. The Bertz CT molecular complexity index is 353. The SMILES string of the molecule is C/C=C\C(=O)N1CCN(CCOC(=O)/C=C/C)CC1. The zero-order valence-electron chi connectivity index (χ0n) is 11.7. The largest absolute Gasteiger partial charge is 0.461 e. The van der Waals surface area contributed by atoms with Crippen molar-refractivity contribution in [3.8, 4) is 0 Å². The van der Waals surface area contributed by atoms with Crippen LogP contribution in [0.1, 0.15) is 13.8 Å². The lowest BCUT2D eigenvalue weighted by molar-refractivity contribution is -0.138. The van der Waals surface area contributed by atoms with Gasteiger partial charge in [0.05, 0.1) is 0 Å². The number of carbonyl (C=O) groups excluding carboxylic acids is 2. The molecule has 5 heteroatoms. The van der Waals surface area contributed by atoms with E-state index in [0.29, 0.717) is 6.61 Å². The quantitative estimate of drug-likeness (QED) is 0.546. The van der Waals surface area contributed by atoms with Crippen molar-refractivity contribution in [2.24, 2.45) is 0 Å². The van der Waals surface area contributed by atoms with Crippen LogP contribution in [-0.4, -0.2) is 61.0 Å². The molecule has 0 N–H and O–H groups in total. The minimum atomic E-state index is -0.301. The van der Waals surface area contributed by atoms with E-state index >= 15 is 0 Å². The van der Waals surface area contributed by atoms with E-state index in [-0.39, 0.29) is 11.9 Å². The number of ether oxygens (including phenoxy) is 1. The van der Waals surface area contributed by atoms with Crippen molar-refractivity contribution in [3.63, 3.8) is 0 Å². The van der Waals surface area contributed by atoms with Crippen molar-refractivity contribution >= 4 is 11.9 Å². The second kappa shape index (κ2) is 8.48. The lowest BCUT2D eigenvalue weighted by Gasteiger charge is -2.33. The highest BCUT2D eigenvalue weighted by molar-refractivity contribution is 5.87. The fourth-order valence-corrected chi connectivity index (χ4v) is 1.90. The van der Waals surface area contributed by atoms with Crippen LogP contribution in [0.3, 0.4) is 0 Å². The Morgan fingerprint density at radius 2 is 1.68 bits per heavy atom. The van der Waals surface area contributed by atoms with Crippen molar-refractivity contribution in [2.45, 2.75) is 13.8 Å². The van der Waals surface area contributed by atoms with Gasteiger partial charge in [-0.25, -0.2) is 4.79 Å². The maximum Gasteiger partial charge on any atom is 0.330 e. The second-order valence-electron chi connectivity index (χ2n) is 4.33. The molecule has 5 nitrogen and oxygen atoms in total. The predicted octanol–water partition coefficient (Wildman–Crippen LogP) is 0.826. The summed E-state index contributed by atoms with van der Waals surface area (Å²) in [6.45, 7) is 7.84. The lowest BCUT2D eigenvalue weighted by atomic mass is 10.3. The molecule has 1 rings (SSSR count). The van der Waals surface area contributed by atoms with E-state index in [1.807, 2.05) is 11.8 Å². The molecular weight excluding hydrogens is 244 g/mol.